The van der Waals surface area contributed by atoms with Crippen LogP contribution in [0.1, 0.15) is 25.0 Å². The Kier molecular flexibility index (Phi) is 9.36. The van der Waals surface area contributed by atoms with E-state index < -0.39 is 0 Å². The molecule has 3 rings (SSSR count). The van der Waals surface area contributed by atoms with E-state index in [1.807, 2.05) is 11.4 Å². The molecule has 134 valence electrons. The fourth-order valence-electron chi connectivity index (χ4n) is 2.72. The van der Waals surface area contributed by atoms with Crippen LogP contribution in [0.4, 0.5) is 0 Å². The number of rotatable bonds is 6. The predicted octanol–water partition coefficient (Wildman–Crippen LogP) is 3.30. The fraction of sp³-hybridized carbons (Fsp3) is 0.500. The van der Waals surface area contributed by atoms with E-state index in [1.54, 1.807) is 12.5 Å². The second-order valence-electron chi connectivity index (χ2n) is 5.68. The summed E-state index contributed by atoms with van der Waals surface area (Å²) in [6.07, 6.45) is 7.20. The third kappa shape index (κ3) is 6.09. The van der Waals surface area contributed by atoms with E-state index in [1.165, 1.54) is 24.2 Å². The minimum atomic E-state index is 0. The second-order valence-corrected chi connectivity index (χ2v) is 6.54. The van der Waals surface area contributed by atoms with Crippen LogP contribution in [0.15, 0.2) is 28.4 Å². The first-order chi connectivity index (χ1) is 10.8. The summed E-state index contributed by atoms with van der Waals surface area (Å²) in [4.78, 5) is 16.4. The maximum Gasteiger partial charge on any atom is 0.226 e. The maximum absolute atomic E-state index is 12.0. The van der Waals surface area contributed by atoms with E-state index in [9.17, 15) is 4.79 Å². The molecule has 1 saturated heterocycles. The standard InChI is InChI=1S/C16H21N3O2S.2ClH/c20-15(18-6-3-12-2-1-5-17-9-12)8-14-11-22-16(19-14)13-4-7-21-10-13;;/h4,7,10-12,17H,1-3,5-6,8-9H2,(H,18,20);2*1H. The number of hydrogen-bond acceptors (Lipinski definition) is 5. The molecule has 0 radical (unpaired) electrons. The van der Waals surface area contributed by atoms with Crippen molar-refractivity contribution in [3.05, 3.63) is 29.7 Å². The first-order valence-corrected chi connectivity index (χ1v) is 8.63. The van der Waals surface area contributed by atoms with Crippen molar-refractivity contribution >= 4 is 42.1 Å². The molecule has 1 unspecified atom stereocenters. The number of furan rings is 1. The van der Waals surface area contributed by atoms with Crippen LogP contribution in [-0.2, 0) is 11.2 Å². The summed E-state index contributed by atoms with van der Waals surface area (Å²) in [5.74, 6) is 0.744. The highest BCUT2D eigenvalue weighted by molar-refractivity contribution is 7.13. The highest BCUT2D eigenvalue weighted by Crippen LogP contribution is 2.24. The molecule has 0 aliphatic carbocycles. The van der Waals surface area contributed by atoms with Crippen molar-refractivity contribution in [1.29, 1.82) is 0 Å². The number of aromatic nitrogens is 1. The zero-order chi connectivity index (χ0) is 15.2. The van der Waals surface area contributed by atoms with Crippen LogP contribution in [0.3, 0.4) is 0 Å². The number of nitrogens with one attached hydrogen (secondary N) is 2. The number of thiazole rings is 1. The first kappa shape index (κ1) is 21.0. The fourth-order valence-corrected chi connectivity index (χ4v) is 3.53. The van der Waals surface area contributed by atoms with Gasteiger partial charge < -0.3 is 15.1 Å². The Bertz CT molecular complexity index is 598. The second kappa shape index (κ2) is 10.7. The maximum atomic E-state index is 12.0. The average Bonchev–Trinajstić information content (AvgIpc) is 3.19. The largest absolute Gasteiger partial charge is 0.472 e. The van der Waals surface area contributed by atoms with E-state index in [0.29, 0.717) is 12.3 Å². The molecule has 2 aromatic heterocycles. The van der Waals surface area contributed by atoms with Gasteiger partial charge in [0.25, 0.3) is 0 Å². The van der Waals surface area contributed by atoms with Gasteiger partial charge in [0, 0.05) is 17.5 Å². The van der Waals surface area contributed by atoms with Gasteiger partial charge in [0.05, 0.1) is 18.4 Å². The van der Waals surface area contributed by atoms with Crippen LogP contribution in [-0.4, -0.2) is 30.5 Å². The van der Waals surface area contributed by atoms with E-state index in [-0.39, 0.29) is 30.7 Å². The summed E-state index contributed by atoms with van der Waals surface area (Å²) in [6, 6.07) is 1.88. The Balaban J connectivity index is 0.00000144. The molecule has 0 aromatic carbocycles. The van der Waals surface area contributed by atoms with Gasteiger partial charge in [-0.05, 0) is 44.3 Å². The molecule has 1 aliphatic heterocycles. The van der Waals surface area contributed by atoms with Gasteiger partial charge in [-0.2, -0.15) is 0 Å². The van der Waals surface area contributed by atoms with E-state index in [4.69, 9.17) is 4.42 Å². The van der Waals surface area contributed by atoms with Crippen molar-refractivity contribution in [1.82, 2.24) is 15.6 Å². The lowest BCUT2D eigenvalue weighted by Crippen LogP contribution is -2.33. The van der Waals surface area contributed by atoms with Crippen LogP contribution < -0.4 is 10.6 Å². The van der Waals surface area contributed by atoms with Gasteiger partial charge in [0.1, 0.15) is 11.3 Å². The number of piperidine rings is 1. The molecule has 1 atom stereocenters. The number of nitrogens with zero attached hydrogens (tertiary/aromatic N) is 1. The molecule has 24 heavy (non-hydrogen) atoms. The normalized spacial score (nSPS) is 16.8. The van der Waals surface area contributed by atoms with Crippen LogP contribution >= 0.6 is 36.2 Å². The van der Waals surface area contributed by atoms with E-state index in [0.717, 1.165) is 42.3 Å². The Morgan fingerprint density at radius 1 is 1.46 bits per heavy atom. The Morgan fingerprint density at radius 2 is 2.33 bits per heavy atom. The molecule has 0 bridgehead atoms. The van der Waals surface area contributed by atoms with Crippen molar-refractivity contribution in [2.75, 3.05) is 19.6 Å². The van der Waals surface area contributed by atoms with Crippen LogP contribution in [0.25, 0.3) is 10.6 Å². The lowest BCUT2D eigenvalue weighted by molar-refractivity contribution is -0.120. The molecule has 3 heterocycles. The predicted molar refractivity (Wildman–Crippen MR) is 101 cm³/mol. The topological polar surface area (TPSA) is 67.2 Å². The first-order valence-electron chi connectivity index (χ1n) is 7.75. The smallest absolute Gasteiger partial charge is 0.226 e. The number of carbonyl (C=O) groups is 1. The van der Waals surface area contributed by atoms with Crippen molar-refractivity contribution < 1.29 is 9.21 Å². The summed E-state index contributed by atoms with van der Waals surface area (Å²) >= 11 is 1.54. The molecule has 1 fully saturated rings. The number of hydrogen-bond donors (Lipinski definition) is 2. The molecule has 1 amide bonds. The summed E-state index contributed by atoms with van der Waals surface area (Å²) in [5, 5.41) is 9.23. The van der Waals surface area contributed by atoms with Gasteiger partial charge in [-0.25, -0.2) is 4.98 Å². The molecule has 2 aromatic rings. The van der Waals surface area contributed by atoms with Gasteiger partial charge in [-0.1, -0.05) is 0 Å². The third-order valence-corrected chi connectivity index (χ3v) is 4.88. The van der Waals surface area contributed by atoms with E-state index >= 15 is 0 Å². The van der Waals surface area contributed by atoms with Crippen LogP contribution in [0.5, 0.6) is 0 Å². The Hall–Kier alpha value is -1.08. The molecule has 5 nitrogen and oxygen atoms in total. The number of carbonyl (C=O) groups excluding carboxylic acids is 1. The molecule has 1 aliphatic rings. The number of amides is 1. The average molecular weight is 392 g/mol. The Labute approximate surface area is 158 Å². The molecule has 0 saturated carbocycles. The minimum Gasteiger partial charge on any atom is -0.472 e. The van der Waals surface area contributed by atoms with Gasteiger partial charge in [-0.3, -0.25) is 4.79 Å². The van der Waals surface area contributed by atoms with Crippen molar-refractivity contribution in [3.63, 3.8) is 0 Å². The minimum absolute atomic E-state index is 0. The van der Waals surface area contributed by atoms with Crippen molar-refractivity contribution in [2.45, 2.75) is 25.7 Å². The van der Waals surface area contributed by atoms with Gasteiger partial charge >= 0.3 is 0 Å². The van der Waals surface area contributed by atoms with Gasteiger partial charge in [0.2, 0.25) is 5.91 Å². The van der Waals surface area contributed by atoms with Crippen molar-refractivity contribution in [3.8, 4) is 10.6 Å². The van der Waals surface area contributed by atoms with Crippen molar-refractivity contribution in [2.24, 2.45) is 5.92 Å². The zero-order valence-electron chi connectivity index (χ0n) is 13.3. The summed E-state index contributed by atoms with van der Waals surface area (Å²) < 4.78 is 5.05. The molecular formula is C16H23Cl2N3O2S. The highest BCUT2D eigenvalue weighted by atomic mass is 35.5. The van der Waals surface area contributed by atoms with Crippen LogP contribution in [0.2, 0.25) is 0 Å². The third-order valence-electron chi connectivity index (χ3n) is 3.94. The monoisotopic (exact) mass is 391 g/mol. The number of halogens is 2. The molecule has 8 heteroatoms. The molecule has 2 N–H and O–H groups in total. The van der Waals surface area contributed by atoms with E-state index in [2.05, 4.69) is 15.6 Å². The lowest BCUT2D eigenvalue weighted by atomic mass is 9.96. The molecule has 0 spiro atoms. The quantitative estimate of drug-likeness (QED) is 0.792. The zero-order valence-corrected chi connectivity index (χ0v) is 15.8. The lowest BCUT2D eigenvalue weighted by Gasteiger charge is -2.22. The molecular weight excluding hydrogens is 369 g/mol. The SMILES string of the molecule is Cl.Cl.O=C(Cc1csc(-c2ccoc2)n1)NCCC1CCCNC1. The highest BCUT2D eigenvalue weighted by Gasteiger charge is 2.13. The van der Waals surface area contributed by atoms with Crippen LogP contribution in [0, 0.1) is 5.92 Å². The Morgan fingerprint density at radius 3 is 3.04 bits per heavy atom. The summed E-state index contributed by atoms with van der Waals surface area (Å²) in [6.45, 7) is 2.96. The summed E-state index contributed by atoms with van der Waals surface area (Å²) in [5.41, 5.74) is 1.78. The van der Waals surface area contributed by atoms with Gasteiger partial charge in [0.15, 0.2) is 0 Å². The summed E-state index contributed by atoms with van der Waals surface area (Å²) in [7, 11) is 0. The van der Waals surface area contributed by atoms with Gasteiger partial charge in [-0.15, -0.1) is 36.2 Å².